The van der Waals surface area contributed by atoms with E-state index in [4.69, 9.17) is 23.7 Å². The lowest BCUT2D eigenvalue weighted by molar-refractivity contribution is -0.156. The van der Waals surface area contributed by atoms with Gasteiger partial charge in [-0.3, -0.25) is 0 Å². The number of rotatable bonds is 11. The van der Waals surface area contributed by atoms with E-state index in [-0.39, 0.29) is 5.97 Å². The molecule has 1 amide bonds. The van der Waals surface area contributed by atoms with Gasteiger partial charge in [-0.15, -0.1) is 0 Å². The lowest BCUT2D eigenvalue weighted by Crippen LogP contribution is -2.28. The zero-order valence-corrected chi connectivity index (χ0v) is 20.0. The van der Waals surface area contributed by atoms with Gasteiger partial charge in [-0.1, -0.05) is 24.3 Å². The summed E-state index contributed by atoms with van der Waals surface area (Å²) < 4.78 is 21.4. The fraction of sp³-hybridized carbons (Fsp3) is 0.400. The number of hydrogen-bond donors (Lipinski definition) is 1. The minimum atomic E-state index is -0.600. The fourth-order valence-electron chi connectivity index (χ4n) is 2.75. The number of hydrogen-bond acceptors (Lipinski definition) is 8. The van der Waals surface area contributed by atoms with Gasteiger partial charge in [0, 0.05) is 33.5 Å². The first-order chi connectivity index (χ1) is 16.5. The molecule has 0 saturated carbocycles. The number of nitrogens with one attached hydrogen (secondary N) is 1. The maximum Gasteiger partial charge on any atom is 0.412 e. The van der Waals surface area contributed by atoms with E-state index in [0.29, 0.717) is 32.0 Å². The van der Waals surface area contributed by atoms with E-state index >= 15 is 0 Å². The molecule has 2 rings (SSSR count). The molecule has 0 spiro atoms. The number of carbonyl (C=O) groups is 2. The Morgan fingerprint density at radius 3 is 2.09 bits per heavy atom. The number of benzene rings is 2. The second-order valence-corrected chi connectivity index (χ2v) is 6.74. The molecule has 2 aromatic carbocycles. The van der Waals surface area contributed by atoms with Crippen molar-refractivity contribution in [2.75, 3.05) is 33.9 Å². The van der Waals surface area contributed by atoms with E-state index in [2.05, 4.69) is 10.3 Å². The third kappa shape index (κ3) is 11.3. The quantitative estimate of drug-likeness (QED) is 0.303. The molecule has 0 fully saturated rings. The zero-order chi connectivity index (χ0) is 25.2. The van der Waals surface area contributed by atoms with Crippen molar-refractivity contribution < 1.29 is 33.3 Å². The summed E-state index contributed by atoms with van der Waals surface area (Å²) in [4.78, 5) is 35.0. The third-order valence-corrected chi connectivity index (χ3v) is 4.35. The van der Waals surface area contributed by atoms with Gasteiger partial charge in [-0.25, -0.2) is 19.4 Å². The molecule has 1 atom stereocenters. The van der Waals surface area contributed by atoms with Crippen LogP contribution in [-0.4, -0.2) is 58.2 Å². The molecule has 1 unspecified atom stereocenters. The van der Waals surface area contributed by atoms with Crippen LogP contribution in [0, 0.1) is 0 Å². The maximum absolute atomic E-state index is 12.0. The molecule has 1 N–H and O–H groups in total. The zero-order valence-electron chi connectivity index (χ0n) is 20.0. The number of amides is 1. The van der Waals surface area contributed by atoms with Crippen LogP contribution < -0.4 is 14.8 Å². The molecule has 0 radical (unpaired) electrons. The van der Waals surface area contributed by atoms with Crippen molar-refractivity contribution in [3.05, 3.63) is 59.7 Å². The van der Waals surface area contributed by atoms with Gasteiger partial charge in [0.05, 0.1) is 13.2 Å². The van der Waals surface area contributed by atoms with Gasteiger partial charge in [0.15, 0.2) is 6.10 Å². The number of isocyanates is 1. The van der Waals surface area contributed by atoms with Crippen LogP contribution in [0.25, 0.3) is 0 Å². The molecule has 0 heterocycles. The summed E-state index contributed by atoms with van der Waals surface area (Å²) in [7, 11) is 2.89. The Morgan fingerprint density at radius 1 is 0.971 bits per heavy atom. The Kier molecular flexibility index (Phi) is 14.1. The smallest absolute Gasteiger partial charge is 0.412 e. The number of carbonyl (C=O) groups excluding carboxylic acids is 3. The average Bonchev–Trinajstić information content (AvgIpc) is 2.86. The van der Waals surface area contributed by atoms with Gasteiger partial charge in [0.2, 0.25) is 6.08 Å². The fourth-order valence-corrected chi connectivity index (χ4v) is 2.75. The first-order valence-electron chi connectivity index (χ1n) is 10.9. The van der Waals surface area contributed by atoms with Gasteiger partial charge < -0.3 is 24.3 Å². The maximum atomic E-state index is 12.0. The highest BCUT2D eigenvalue weighted by atomic mass is 16.6. The number of ether oxygens (including phenoxy) is 4. The Hall–Kier alpha value is -3.68. The number of aliphatic imine (C=N–C) groups is 1. The molecule has 2 aromatic rings. The lowest BCUT2D eigenvalue weighted by Gasteiger charge is -2.15. The van der Waals surface area contributed by atoms with Crippen molar-refractivity contribution >= 4 is 18.1 Å². The summed E-state index contributed by atoms with van der Waals surface area (Å²) >= 11 is 0. The summed E-state index contributed by atoms with van der Waals surface area (Å²) in [6.07, 6.45) is 1.38. The standard InChI is InChI=1S/C23H29NO6.C2H3NO/c1-4-27-21(22(25)28-5-2)16-18-8-10-19(11-9-18)29-15-14-17-6-12-20(13-7-17)30-23(26)24-3;1-3-2-4/h6-13,21H,4-5,14-16H2,1-3H3,(H,24,26);1H3. The predicted octanol–water partition coefficient (Wildman–Crippen LogP) is 3.49. The Labute approximate surface area is 200 Å². The first-order valence-corrected chi connectivity index (χ1v) is 10.9. The highest BCUT2D eigenvalue weighted by Crippen LogP contribution is 2.17. The highest BCUT2D eigenvalue weighted by Gasteiger charge is 2.20. The van der Waals surface area contributed by atoms with E-state index in [1.807, 2.05) is 43.3 Å². The normalized spacial score (nSPS) is 10.6. The second-order valence-electron chi connectivity index (χ2n) is 6.74. The van der Waals surface area contributed by atoms with Crippen molar-refractivity contribution in [1.82, 2.24) is 5.32 Å². The molecular formula is C25H32N2O7. The van der Waals surface area contributed by atoms with Crippen LogP contribution in [0.5, 0.6) is 11.5 Å². The summed E-state index contributed by atoms with van der Waals surface area (Å²) in [5.41, 5.74) is 2.05. The van der Waals surface area contributed by atoms with Gasteiger partial charge in [0.1, 0.15) is 11.5 Å². The largest absolute Gasteiger partial charge is 0.493 e. The summed E-state index contributed by atoms with van der Waals surface area (Å²) in [5.74, 6) is 0.900. The van der Waals surface area contributed by atoms with E-state index in [1.165, 1.54) is 20.2 Å². The van der Waals surface area contributed by atoms with Gasteiger partial charge in [-0.05, 0) is 49.2 Å². The molecular weight excluding hydrogens is 440 g/mol. The van der Waals surface area contributed by atoms with Gasteiger partial charge in [-0.2, -0.15) is 0 Å². The molecule has 0 aliphatic heterocycles. The van der Waals surface area contributed by atoms with E-state index < -0.39 is 12.2 Å². The monoisotopic (exact) mass is 472 g/mol. The molecule has 0 aliphatic carbocycles. The summed E-state index contributed by atoms with van der Waals surface area (Å²) in [6, 6.07) is 14.9. The van der Waals surface area contributed by atoms with E-state index in [0.717, 1.165) is 23.3 Å². The van der Waals surface area contributed by atoms with Crippen molar-refractivity contribution in [2.24, 2.45) is 4.99 Å². The van der Waals surface area contributed by atoms with Crippen LogP contribution in [0.1, 0.15) is 25.0 Å². The molecule has 34 heavy (non-hydrogen) atoms. The number of esters is 1. The van der Waals surface area contributed by atoms with Crippen molar-refractivity contribution in [3.8, 4) is 11.5 Å². The minimum Gasteiger partial charge on any atom is -0.493 e. The molecule has 0 saturated heterocycles. The van der Waals surface area contributed by atoms with E-state index in [1.54, 1.807) is 19.1 Å². The molecule has 184 valence electrons. The van der Waals surface area contributed by atoms with Gasteiger partial charge >= 0.3 is 12.1 Å². The molecule has 0 aliphatic rings. The second kappa shape index (κ2) is 16.9. The number of nitrogens with zero attached hydrogens (tertiary/aromatic N) is 1. The van der Waals surface area contributed by atoms with Crippen molar-refractivity contribution in [1.29, 1.82) is 0 Å². The average molecular weight is 473 g/mol. The topological polar surface area (TPSA) is 113 Å². The van der Waals surface area contributed by atoms with E-state index in [9.17, 15) is 9.59 Å². The van der Waals surface area contributed by atoms with Gasteiger partial charge in [0.25, 0.3) is 0 Å². The predicted molar refractivity (Wildman–Crippen MR) is 127 cm³/mol. The molecule has 9 heteroatoms. The lowest BCUT2D eigenvalue weighted by atomic mass is 10.1. The minimum absolute atomic E-state index is 0.332. The SMILES string of the molecule is CCOC(=O)C(Cc1ccc(OCCc2ccc(OC(=O)NC)cc2)cc1)OCC.CN=C=O. The van der Waals surface area contributed by atoms with Crippen LogP contribution in [0.3, 0.4) is 0 Å². The van der Waals surface area contributed by atoms with Crippen molar-refractivity contribution in [2.45, 2.75) is 32.8 Å². The Morgan fingerprint density at radius 2 is 1.56 bits per heavy atom. The Balaban J connectivity index is 0.00000133. The molecule has 0 aromatic heterocycles. The van der Waals surface area contributed by atoms with Crippen LogP contribution in [0.2, 0.25) is 0 Å². The third-order valence-electron chi connectivity index (χ3n) is 4.35. The Bertz CT molecular complexity index is 908. The highest BCUT2D eigenvalue weighted by molar-refractivity contribution is 5.75. The van der Waals surface area contributed by atoms with Crippen molar-refractivity contribution in [3.63, 3.8) is 0 Å². The van der Waals surface area contributed by atoms with Crippen LogP contribution in [0.15, 0.2) is 53.5 Å². The van der Waals surface area contributed by atoms with Crippen LogP contribution in [0.4, 0.5) is 4.79 Å². The summed E-state index contributed by atoms with van der Waals surface area (Å²) in [5, 5.41) is 2.40. The molecule has 9 nitrogen and oxygen atoms in total. The molecule has 0 bridgehead atoms. The van der Waals surface area contributed by atoms with Crippen LogP contribution >= 0.6 is 0 Å². The first kappa shape index (κ1) is 28.4. The summed E-state index contributed by atoms with van der Waals surface area (Å²) in [6.45, 7) is 4.92. The van der Waals surface area contributed by atoms with Crippen LogP contribution in [-0.2, 0) is 31.9 Å².